The second-order valence-corrected chi connectivity index (χ2v) is 7.68. The molecule has 21 heavy (non-hydrogen) atoms. The second-order valence-electron chi connectivity index (χ2n) is 5.09. The van der Waals surface area contributed by atoms with Crippen LogP contribution in [0.1, 0.15) is 25.3 Å². The van der Waals surface area contributed by atoms with Crippen molar-refractivity contribution in [3.63, 3.8) is 0 Å². The number of hydrogen-bond acceptors (Lipinski definition) is 3. The molecule has 0 aromatic heterocycles. The van der Waals surface area contributed by atoms with Crippen molar-refractivity contribution in [3.8, 4) is 0 Å². The minimum atomic E-state index is -3.38. The Bertz CT molecular complexity index is 593. The van der Waals surface area contributed by atoms with Crippen LogP contribution in [-0.4, -0.2) is 37.1 Å². The Balaban J connectivity index is 2.03. The van der Waals surface area contributed by atoms with Gasteiger partial charge < -0.3 is 5.32 Å². The molecule has 1 aromatic rings. The molecule has 1 saturated heterocycles. The summed E-state index contributed by atoms with van der Waals surface area (Å²) in [5, 5.41) is 2.10. The minimum absolute atomic E-state index is 0.245. The Morgan fingerprint density at radius 2 is 1.86 bits per heavy atom. The van der Waals surface area contributed by atoms with E-state index in [2.05, 4.69) is 5.32 Å². The molecule has 2 rings (SSSR count). The third-order valence-electron chi connectivity index (χ3n) is 3.45. The Morgan fingerprint density at radius 3 is 2.38 bits per heavy atom. The summed E-state index contributed by atoms with van der Waals surface area (Å²) in [7, 11) is -3.38. The zero-order chi connectivity index (χ0) is 15.5. The van der Waals surface area contributed by atoms with E-state index in [-0.39, 0.29) is 5.91 Å². The predicted molar refractivity (Wildman–Crippen MR) is 81.6 cm³/mol. The van der Waals surface area contributed by atoms with Crippen LogP contribution in [0.25, 0.3) is 0 Å². The van der Waals surface area contributed by atoms with Gasteiger partial charge in [0.25, 0.3) is 0 Å². The maximum atomic E-state index is 12.3. The van der Waals surface area contributed by atoms with Gasteiger partial charge in [-0.3, -0.25) is 4.79 Å². The number of carbonyl (C=O) groups is 1. The average molecular weight is 331 g/mol. The van der Waals surface area contributed by atoms with Crippen LogP contribution in [0.5, 0.6) is 0 Å². The molecule has 0 radical (unpaired) electrons. The van der Waals surface area contributed by atoms with Crippen LogP contribution in [0.15, 0.2) is 29.2 Å². The number of alkyl halides is 1. The van der Waals surface area contributed by atoms with Gasteiger partial charge in [0.05, 0.1) is 4.90 Å². The molecule has 116 valence electrons. The highest BCUT2D eigenvalue weighted by Gasteiger charge is 2.26. The Morgan fingerprint density at radius 1 is 1.29 bits per heavy atom. The van der Waals surface area contributed by atoms with Crippen LogP contribution >= 0.6 is 11.6 Å². The van der Waals surface area contributed by atoms with Crippen molar-refractivity contribution in [1.82, 2.24) is 9.62 Å². The summed E-state index contributed by atoms with van der Waals surface area (Å²) < 4.78 is 26.2. The molecule has 1 amide bonds. The lowest BCUT2D eigenvalue weighted by Crippen LogP contribution is -2.29. The molecule has 0 bridgehead atoms. The number of halogens is 1. The van der Waals surface area contributed by atoms with Crippen LogP contribution in [0.4, 0.5) is 0 Å². The first-order chi connectivity index (χ1) is 9.91. The monoisotopic (exact) mass is 330 g/mol. The fourth-order valence-corrected chi connectivity index (χ4v) is 3.78. The van der Waals surface area contributed by atoms with E-state index in [0.717, 1.165) is 18.4 Å². The number of nitrogens with one attached hydrogen (secondary N) is 1. The molecule has 0 saturated carbocycles. The van der Waals surface area contributed by atoms with E-state index in [1.54, 1.807) is 31.2 Å². The lowest BCUT2D eigenvalue weighted by molar-refractivity contribution is -0.120. The SMILES string of the molecule is CC(Cl)C(=O)NCc1ccc(S(=O)(=O)N2CCCC2)cc1. The third-order valence-corrected chi connectivity index (χ3v) is 5.57. The number of carbonyl (C=O) groups excluding carboxylic acids is 1. The van der Waals surface area contributed by atoms with E-state index >= 15 is 0 Å². The molecule has 0 spiro atoms. The Labute approximate surface area is 130 Å². The smallest absolute Gasteiger partial charge is 0.243 e. The van der Waals surface area contributed by atoms with Gasteiger partial charge in [-0.05, 0) is 37.5 Å². The highest BCUT2D eigenvalue weighted by Crippen LogP contribution is 2.21. The predicted octanol–water partition coefficient (Wildman–Crippen LogP) is 1.71. The molecular formula is C14H19ClN2O3S. The second kappa shape index (κ2) is 6.77. The molecule has 1 fully saturated rings. The summed E-state index contributed by atoms with van der Waals surface area (Å²) >= 11 is 5.66. The normalized spacial score (nSPS) is 17.6. The lowest BCUT2D eigenvalue weighted by atomic mass is 10.2. The average Bonchev–Trinajstić information content (AvgIpc) is 3.00. The van der Waals surface area contributed by atoms with Gasteiger partial charge in [0.2, 0.25) is 15.9 Å². The lowest BCUT2D eigenvalue weighted by Gasteiger charge is -2.15. The Kier molecular flexibility index (Phi) is 5.24. The van der Waals surface area contributed by atoms with E-state index < -0.39 is 15.4 Å². The molecule has 1 aliphatic heterocycles. The topological polar surface area (TPSA) is 66.5 Å². The first-order valence-electron chi connectivity index (χ1n) is 6.92. The quantitative estimate of drug-likeness (QED) is 0.836. The minimum Gasteiger partial charge on any atom is -0.351 e. The summed E-state index contributed by atoms with van der Waals surface area (Å²) in [6.45, 7) is 3.12. The summed E-state index contributed by atoms with van der Waals surface area (Å²) in [5.41, 5.74) is 0.834. The van der Waals surface area contributed by atoms with Gasteiger partial charge in [0.15, 0.2) is 0 Å². The number of benzene rings is 1. The standard InChI is InChI=1S/C14H19ClN2O3S/c1-11(15)14(18)16-10-12-4-6-13(7-5-12)21(19,20)17-8-2-3-9-17/h4-7,11H,2-3,8-10H2,1H3,(H,16,18). The number of rotatable bonds is 5. The highest BCUT2D eigenvalue weighted by molar-refractivity contribution is 7.89. The van der Waals surface area contributed by atoms with E-state index in [4.69, 9.17) is 11.6 Å². The molecule has 1 aliphatic rings. The van der Waals surface area contributed by atoms with E-state index in [9.17, 15) is 13.2 Å². The largest absolute Gasteiger partial charge is 0.351 e. The van der Waals surface area contributed by atoms with Gasteiger partial charge >= 0.3 is 0 Å². The summed E-state index contributed by atoms with van der Waals surface area (Å²) in [6, 6.07) is 6.59. The molecule has 1 aromatic carbocycles. The van der Waals surface area contributed by atoms with E-state index in [0.29, 0.717) is 24.5 Å². The van der Waals surface area contributed by atoms with E-state index in [1.807, 2.05) is 0 Å². The van der Waals surface area contributed by atoms with Crippen molar-refractivity contribution < 1.29 is 13.2 Å². The first-order valence-corrected chi connectivity index (χ1v) is 8.80. The summed E-state index contributed by atoms with van der Waals surface area (Å²) in [6.07, 6.45) is 1.83. The van der Waals surface area contributed by atoms with Crippen molar-refractivity contribution in [2.75, 3.05) is 13.1 Å². The van der Waals surface area contributed by atoms with Gasteiger partial charge in [-0.25, -0.2) is 8.42 Å². The number of hydrogen-bond donors (Lipinski definition) is 1. The van der Waals surface area contributed by atoms with Gasteiger partial charge in [0.1, 0.15) is 5.38 Å². The molecule has 1 unspecified atom stereocenters. The Hall–Kier alpha value is -1.11. The molecule has 1 heterocycles. The summed E-state index contributed by atoms with van der Waals surface area (Å²) in [4.78, 5) is 11.7. The van der Waals surface area contributed by atoms with Crippen LogP contribution in [-0.2, 0) is 21.4 Å². The van der Waals surface area contributed by atoms with Gasteiger partial charge in [0, 0.05) is 19.6 Å². The number of amides is 1. The van der Waals surface area contributed by atoms with Crippen LogP contribution in [0.2, 0.25) is 0 Å². The fraction of sp³-hybridized carbons (Fsp3) is 0.500. The molecule has 5 nitrogen and oxygen atoms in total. The molecule has 7 heteroatoms. The van der Waals surface area contributed by atoms with Crippen molar-refractivity contribution in [2.45, 2.75) is 36.6 Å². The fourth-order valence-electron chi connectivity index (χ4n) is 2.19. The molecular weight excluding hydrogens is 312 g/mol. The first kappa shape index (κ1) is 16.3. The van der Waals surface area contributed by atoms with Crippen LogP contribution < -0.4 is 5.32 Å². The number of sulfonamides is 1. The molecule has 0 aliphatic carbocycles. The van der Waals surface area contributed by atoms with Crippen molar-refractivity contribution in [1.29, 1.82) is 0 Å². The third kappa shape index (κ3) is 3.96. The van der Waals surface area contributed by atoms with Crippen molar-refractivity contribution in [2.24, 2.45) is 0 Å². The maximum Gasteiger partial charge on any atom is 0.243 e. The summed E-state index contributed by atoms with van der Waals surface area (Å²) in [5.74, 6) is -0.245. The highest BCUT2D eigenvalue weighted by atomic mass is 35.5. The zero-order valence-corrected chi connectivity index (χ0v) is 13.5. The van der Waals surface area contributed by atoms with Gasteiger partial charge in [-0.2, -0.15) is 4.31 Å². The van der Waals surface area contributed by atoms with Gasteiger partial charge in [-0.15, -0.1) is 11.6 Å². The van der Waals surface area contributed by atoms with Crippen molar-refractivity contribution in [3.05, 3.63) is 29.8 Å². The zero-order valence-electron chi connectivity index (χ0n) is 11.9. The van der Waals surface area contributed by atoms with Gasteiger partial charge in [-0.1, -0.05) is 12.1 Å². The van der Waals surface area contributed by atoms with Crippen LogP contribution in [0, 0.1) is 0 Å². The maximum absolute atomic E-state index is 12.3. The van der Waals surface area contributed by atoms with Crippen molar-refractivity contribution >= 4 is 27.5 Å². The van der Waals surface area contributed by atoms with Crippen LogP contribution in [0.3, 0.4) is 0 Å². The number of nitrogens with zero attached hydrogens (tertiary/aromatic N) is 1. The van der Waals surface area contributed by atoms with E-state index in [1.165, 1.54) is 4.31 Å². The molecule has 1 atom stereocenters. The molecule has 1 N–H and O–H groups in total.